The molecule has 0 spiro atoms. The van der Waals surface area contributed by atoms with E-state index in [1.165, 1.54) is 0 Å². The maximum Gasteiger partial charge on any atom is 0.270 e. The molecular weight excluding hydrogens is 300 g/mol. The highest BCUT2D eigenvalue weighted by atomic mass is 35.5. The van der Waals surface area contributed by atoms with Crippen LogP contribution < -0.4 is 5.32 Å². The molecule has 6 heteroatoms. The van der Waals surface area contributed by atoms with Crippen molar-refractivity contribution in [1.29, 1.82) is 0 Å². The van der Waals surface area contributed by atoms with Gasteiger partial charge in [-0.05, 0) is 43.2 Å². The lowest BCUT2D eigenvalue weighted by molar-refractivity contribution is 0.0944. The third-order valence-electron chi connectivity index (χ3n) is 3.41. The third-order valence-corrected chi connectivity index (χ3v) is 3.64. The molecule has 5 nitrogen and oxygen atoms in total. The van der Waals surface area contributed by atoms with Gasteiger partial charge in [0.2, 0.25) is 0 Å². The highest BCUT2D eigenvalue weighted by Gasteiger charge is 2.16. The molecule has 0 unspecified atom stereocenters. The molecule has 0 bridgehead atoms. The van der Waals surface area contributed by atoms with Gasteiger partial charge in [-0.15, -0.1) is 0 Å². The maximum absolute atomic E-state index is 12.4. The van der Waals surface area contributed by atoms with Crippen molar-refractivity contribution in [1.82, 2.24) is 19.7 Å². The normalized spacial score (nSPS) is 10.9. The second-order valence-electron chi connectivity index (χ2n) is 5.15. The molecule has 0 aliphatic carbocycles. The first kappa shape index (κ1) is 14.5. The first-order chi connectivity index (χ1) is 10.5. The SMILES string of the molecule is Cc1ccn2c(C(=O)NCc3ccc(Cl)nc3)c(C)nc2c1. The van der Waals surface area contributed by atoms with Gasteiger partial charge in [-0.1, -0.05) is 17.7 Å². The van der Waals surface area contributed by atoms with Crippen molar-refractivity contribution in [3.05, 3.63) is 64.3 Å². The van der Waals surface area contributed by atoms with Gasteiger partial charge < -0.3 is 5.32 Å². The number of aromatic nitrogens is 3. The van der Waals surface area contributed by atoms with Crippen molar-refractivity contribution >= 4 is 23.2 Å². The van der Waals surface area contributed by atoms with Gasteiger partial charge in [0.15, 0.2) is 0 Å². The fourth-order valence-corrected chi connectivity index (χ4v) is 2.43. The molecule has 0 aliphatic rings. The van der Waals surface area contributed by atoms with Crippen molar-refractivity contribution in [3.8, 4) is 0 Å². The van der Waals surface area contributed by atoms with Crippen molar-refractivity contribution < 1.29 is 4.79 Å². The largest absolute Gasteiger partial charge is 0.347 e. The number of nitrogens with zero attached hydrogens (tertiary/aromatic N) is 3. The molecule has 3 aromatic rings. The summed E-state index contributed by atoms with van der Waals surface area (Å²) in [5.41, 5.74) is 4.03. The smallest absolute Gasteiger partial charge is 0.270 e. The van der Waals surface area contributed by atoms with E-state index in [1.54, 1.807) is 16.7 Å². The quantitative estimate of drug-likeness (QED) is 0.756. The molecule has 3 heterocycles. The van der Waals surface area contributed by atoms with Crippen LogP contribution in [0.15, 0.2) is 36.7 Å². The van der Waals surface area contributed by atoms with E-state index in [9.17, 15) is 4.79 Å². The highest BCUT2D eigenvalue weighted by Crippen LogP contribution is 2.14. The minimum Gasteiger partial charge on any atom is -0.347 e. The lowest BCUT2D eigenvalue weighted by atomic mass is 10.2. The summed E-state index contributed by atoms with van der Waals surface area (Å²) in [6, 6.07) is 7.44. The van der Waals surface area contributed by atoms with Gasteiger partial charge in [0.1, 0.15) is 16.5 Å². The number of imidazole rings is 1. The Morgan fingerprint density at radius 2 is 2.14 bits per heavy atom. The Kier molecular flexibility index (Phi) is 3.81. The summed E-state index contributed by atoms with van der Waals surface area (Å²) >= 11 is 5.74. The highest BCUT2D eigenvalue weighted by molar-refractivity contribution is 6.29. The van der Waals surface area contributed by atoms with Gasteiger partial charge >= 0.3 is 0 Å². The van der Waals surface area contributed by atoms with Gasteiger partial charge in [-0.2, -0.15) is 0 Å². The zero-order chi connectivity index (χ0) is 15.7. The molecule has 3 rings (SSSR count). The number of halogens is 1. The zero-order valence-electron chi connectivity index (χ0n) is 12.3. The Morgan fingerprint density at radius 3 is 2.86 bits per heavy atom. The van der Waals surface area contributed by atoms with Gasteiger partial charge in [-0.3, -0.25) is 9.20 Å². The van der Waals surface area contributed by atoms with Crippen LogP contribution >= 0.6 is 11.6 Å². The first-order valence-corrected chi connectivity index (χ1v) is 7.26. The van der Waals surface area contributed by atoms with Gasteiger partial charge in [0.05, 0.1) is 5.69 Å². The summed E-state index contributed by atoms with van der Waals surface area (Å²) in [6.07, 6.45) is 3.51. The standard InChI is InChI=1S/C16H15ClN4O/c1-10-5-6-21-14(7-10)20-11(2)15(21)16(22)19-9-12-3-4-13(17)18-8-12/h3-8H,9H2,1-2H3,(H,19,22). The number of hydrogen-bond donors (Lipinski definition) is 1. The Morgan fingerprint density at radius 1 is 1.32 bits per heavy atom. The summed E-state index contributed by atoms with van der Waals surface area (Å²) < 4.78 is 1.80. The molecule has 1 N–H and O–H groups in total. The van der Waals surface area contributed by atoms with Crippen LogP contribution in [0.5, 0.6) is 0 Å². The predicted octanol–water partition coefficient (Wildman–Crippen LogP) is 2.93. The van der Waals surface area contributed by atoms with Crippen LogP contribution in [-0.2, 0) is 6.54 Å². The number of carbonyl (C=O) groups is 1. The van der Waals surface area contributed by atoms with Gasteiger partial charge in [0.25, 0.3) is 5.91 Å². The van der Waals surface area contributed by atoms with E-state index in [0.717, 1.165) is 16.8 Å². The number of rotatable bonds is 3. The van der Waals surface area contributed by atoms with Crippen LogP contribution in [0.4, 0.5) is 0 Å². The van der Waals surface area contributed by atoms with Crippen LogP contribution in [0.2, 0.25) is 5.15 Å². The van der Waals surface area contributed by atoms with Crippen LogP contribution in [0.3, 0.4) is 0 Å². The molecule has 1 amide bonds. The Labute approximate surface area is 133 Å². The predicted molar refractivity (Wildman–Crippen MR) is 85.1 cm³/mol. The molecule has 22 heavy (non-hydrogen) atoms. The molecule has 0 aliphatic heterocycles. The second-order valence-corrected chi connectivity index (χ2v) is 5.54. The van der Waals surface area contributed by atoms with Crippen molar-refractivity contribution in [2.24, 2.45) is 0 Å². The summed E-state index contributed by atoms with van der Waals surface area (Å²) in [7, 11) is 0. The van der Waals surface area contributed by atoms with E-state index in [0.29, 0.717) is 23.1 Å². The number of hydrogen-bond acceptors (Lipinski definition) is 3. The minimum atomic E-state index is -0.163. The number of carbonyl (C=O) groups excluding carboxylic acids is 1. The first-order valence-electron chi connectivity index (χ1n) is 6.88. The molecular formula is C16H15ClN4O. The second kappa shape index (κ2) is 5.77. The van der Waals surface area contributed by atoms with E-state index < -0.39 is 0 Å². The molecule has 0 atom stereocenters. The average molecular weight is 315 g/mol. The van der Waals surface area contributed by atoms with E-state index in [1.807, 2.05) is 38.2 Å². The van der Waals surface area contributed by atoms with Crippen molar-refractivity contribution in [3.63, 3.8) is 0 Å². The molecule has 0 fully saturated rings. The average Bonchev–Trinajstić information content (AvgIpc) is 2.81. The summed E-state index contributed by atoms with van der Waals surface area (Å²) in [6.45, 7) is 4.22. The summed E-state index contributed by atoms with van der Waals surface area (Å²) in [5.74, 6) is -0.163. The monoisotopic (exact) mass is 314 g/mol. The van der Waals surface area contributed by atoms with E-state index in [4.69, 9.17) is 11.6 Å². The Balaban J connectivity index is 1.83. The fourth-order valence-electron chi connectivity index (χ4n) is 2.31. The van der Waals surface area contributed by atoms with Crippen LogP contribution in [0.1, 0.15) is 27.3 Å². The topological polar surface area (TPSA) is 59.3 Å². The number of nitrogens with one attached hydrogen (secondary N) is 1. The van der Waals surface area contributed by atoms with Gasteiger partial charge in [-0.25, -0.2) is 9.97 Å². The van der Waals surface area contributed by atoms with Crippen molar-refractivity contribution in [2.75, 3.05) is 0 Å². The molecule has 0 radical (unpaired) electrons. The summed E-state index contributed by atoms with van der Waals surface area (Å²) in [4.78, 5) is 20.9. The number of aryl methyl sites for hydroxylation is 2. The molecule has 0 saturated carbocycles. The molecule has 0 aromatic carbocycles. The third kappa shape index (κ3) is 2.80. The number of amides is 1. The molecule has 112 valence electrons. The van der Waals surface area contributed by atoms with E-state index in [2.05, 4.69) is 15.3 Å². The zero-order valence-corrected chi connectivity index (χ0v) is 13.1. The van der Waals surface area contributed by atoms with E-state index in [-0.39, 0.29) is 5.91 Å². The van der Waals surface area contributed by atoms with Crippen LogP contribution in [0, 0.1) is 13.8 Å². The Bertz CT molecular complexity index is 839. The van der Waals surface area contributed by atoms with Crippen LogP contribution in [0.25, 0.3) is 5.65 Å². The minimum absolute atomic E-state index is 0.163. The fraction of sp³-hybridized carbons (Fsp3) is 0.188. The van der Waals surface area contributed by atoms with Crippen LogP contribution in [-0.4, -0.2) is 20.3 Å². The molecule has 0 saturated heterocycles. The van der Waals surface area contributed by atoms with Crippen molar-refractivity contribution in [2.45, 2.75) is 20.4 Å². The van der Waals surface area contributed by atoms with E-state index >= 15 is 0 Å². The Hall–Kier alpha value is -2.40. The van der Waals surface area contributed by atoms with Gasteiger partial charge in [0, 0.05) is 18.9 Å². The lowest BCUT2D eigenvalue weighted by Crippen LogP contribution is -2.25. The lowest BCUT2D eigenvalue weighted by Gasteiger charge is -2.06. The number of pyridine rings is 2. The summed E-state index contributed by atoms with van der Waals surface area (Å²) in [5, 5.41) is 3.32. The maximum atomic E-state index is 12.4. The molecule has 3 aromatic heterocycles. The number of fused-ring (bicyclic) bond motifs is 1.